The van der Waals surface area contributed by atoms with Gasteiger partial charge in [-0.25, -0.2) is 0 Å². The Morgan fingerprint density at radius 2 is 1.94 bits per heavy atom. The Balaban J connectivity index is 2.71. The third kappa shape index (κ3) is 2.38. The van der Waals surface area contributed by atoms with Crippen LogP contribution in [0.15, 0.2) is 30.3 Å². The van der Waals surface area contributed by atoms with Gasteiger partial charge in [0.2, 0.25) is 0 Å². The fourth-order valence-corrected chi connectivity index (χ4v) is 2.10. The summed E-state index contributed by atoms with van der Waals surface area (Å²) < 4.78 is 0.470. The van der Waals surface area contributed by atoms with E-state index in [4.69, 9.17) is 29.1 Å². The van der Waals surface area contributed by atoms with Crippen LogP contribution in [0, 0.1) is 22.9 Å². The van der Waals surface area contributed by atoms with Gasteiger partial charge in [-0.15, -0.1) is 0 Å². The van der Waals surface area contributed by atoms with Crippen molar-refractivity contribution in [3.8, 4) is 17.2 Å². The molecule has 0 spiro atoms. The average molecular weight is 261 g/mol. The Morgan fingerprint density at radius 1 is 1.29 bits per heavy atom. The molecule has 0 saturated heterocycles. The van der Waals surface area contributed by atoms with E-state index >= 15 is 0 Å². The molecule has 84 valence electrons. The molecule has 0 unspecified atom stereocenters. The van der Waals surface area contributed by atoms with E-state index in [1.165, 1.54) is 0 Å². The molecule has 0 bridgehead atoms. The van der Waals surface area contributed by atoms with Gasteiger partial charge in [-0.05, 0) is 30.7 Å². The standard InChI is InChI=1S/C13H9ClN2S/c1-8-6-11(12(7-15)13(17)16-8)9-2-4-10(14)5-3-9/h2-6H,1H3,(H,16,17). The third-order valence-electron chi connectivity index (χ3n) is 2.43. The van der Waals surface area contributed by atoms with Crippen LogP contribution in [0.5, 0.6) is 0 Å². The van der Waals surface area contributed by atoms with E-state index in [2.05, 4.69) is 11.1 Å². The van der Waals surface area contributed by atoms with E-state index in [1.54, 1.807) is 12.1 Å². The van der Waals surface area contributed by atoms with Crippen molar-refractivity contribution in [1.29, 1.82) is 5.26 Å². The number of aryl methyl sites for hydroxylation is 1. The summed E-state index contributed by atoms with van der Waals surface area (Å²) in [6.07, 6.45) is 0. The van der Waals surface area contributed by atoms with Crippen molar-refractivity contribution in [1.82, 2.24) is 4.98 Å². The van der Waals surface area contributed by atoms with Crippen LogP contribution in [0.4, 0.5) is 0 Å². The molecule has 4 heteroatoms. The topological polar surface area (TPSA) is 39.6 Å². The average Bonchev–Trinajstić information content (AvgIpc) is 2.29. The van der Waals surface area contributed by atoms with E-state index in [-0.39, 0.29) is 0 Å². The molecule has 0 aliphatic heterocycles. The van der Waals surface area contributed by atoms with Crippen LogP contribution in [0.25, 0.3) is 11.1 Å². The van der Waals surface area contributed by atoms with Crippen molar-refractivity contribution in [3.05, 3.63) is 51.3 Å². The van der Waals surface area contributed by atoms with Crippen molar-refractivity contribution >= 4 is 23.8 Å². The van der Waals surface area contributed by atoms with E-state index < -0.39 is 0 Å². The number of aromatic nitrogens is 1. The molecule has 2 rings (SSSR count). The van der Waals surface area contributed by atoms with Crippen molar-refractivity contribution in [2.24, 2.45) is 0 Å². The summed E-state index contributed by atoms with van der Waals surface area (Å²) in [6, 6.07) is 11.4. The zero-order valence-corrected chi connectivity index (χ0v) is 10.7. The Hall–Kier alpha value is -1.63. The molecule has 1 aromatic heterocycles. The van der Waals surface area contributed by atoms with Gasteiger partial charge >= 0.3 is 0 Å². The fraction of sp³-hybridized carbons (Fsp3) is 0.0769. The Labute approximate surface area is 109 Å². The van der Waals surface area contributed by atoms with E-state index in [0.717, 1.165) is 16.8 Å². The molecule has 0 aliphatic rings. The monoisotopic (exact) mass is 260 g/mol. The first-order valence-electron chi connectivity index (χ1n) is 5.02. The zero-order chi connectivity index (χ0) is 12.4. The molecule has 1 heterocycles. The number of nitriles is 1. The third-order valence-corrected chi connectivity index (χ3v) is 2.99. The second kappa shape index (κ2) is 4.70. The van der Waals surface area contributed by atoms with Crippen molar-refractivity contribution in [2.75, 3.05) is 0 Å². The molecule has 0 atom stereocenters. The number of nitrogens with zero attached hydrogens (tertiary/aromatic N) is 1. The Bertz CT molecular complexity index is 651. The largest absolute Gasteiger partial charge is 0.349 e. The lowest BCUT2D eigenvalue weighted by Crippen LogP contribution is -1.91. The van der Waals surface area contributed by atoms with Crippen LogP contribution in [-0.2, 0) is 0 Å². The first-order valence-corrected chi connectivity index (χ1v) is 5.80. The predicted octanol–water partition coefficient (Wildman–Crippen LogP) is 4.24. The quantitative estimate of drug-likeness (QED) is 0.779. The summed E-state index contributed by atoms with van der Waals surface area (Å²) in [5, 5.41) is 9.81. The number of pyridine rings is 1. The normalized spacial score (nSPS) is 9.94. The van der Waals surface area contributed by atoms with Gasteiger partial charge in [0, 0.05) is 16.3 Å². The number of hydrogen-bond donors (Lipinski definition) is 1. The number of nitrogens with one attached hydrogen (secondary N) is 1. The highest BCUT2D eigenvalue weighted by Gasteiger charge is 2.07. The first-order chi connectivity index (χ1) is 8.11. The predicted molar refractivity (Wildman–Crippen MR) is 71.5 cm³/mol. The molecule has 2 aromatic rings. The van der Waals surface area contributed by atoms with Crippen LogP contribution in [0.2, 0.25) is 5.02 Å². The Morgan fingerprint density at radius 3 is 2.53 bits per heavy atom. The molecular weight excluding hydrogens is 252 g/mol. The van der Waals surface area contributed by atoms with Gasteiger partial charge in [-0.2, -0.15) is 5.26 Å². The minimum Gasteiger partial charge on any atom is -0.349 e. The van der Waals surface area contributed by atoms with Gasteiger partial charge in [0.25, 0.3) is 0 Å². The highest BCUT2D eigenvalue weighted by molar-refractivity contribution is 7.71. The molecule has 0 aliphatic carbocycles. The molecule has 2 nitrogen and oxygen atoms in total. The van der Waals surface area contributed by atoms with E-state index in [9.17, 15) is 0 Å². The maximum absolute atomic E-state index is 9.14. The molecular formula is C13H9ClN2S. The van der Waals surface area contributed by atoms with Gasteiger partial charge < -0.3 is 4.98 Å². The van der Waals surface area contributed by atoms with Gasteiger partial charge in [-0.1, -0.05) is 36.0 Å². The lowest BCUT2D eigenvalue weighted by molar-refractivity contribution is 1.17. The lowest BCUT2D eigenvalue weighted by Gasteiger charge is -2.06. The Kier molecular flexibility index (Phi) is 3.28. The van der Waals surface area contributed by atoms with Crippen LogP contribution < -0.4 is 0 Å². The van der Waals surface area contributed by atoms with Gasteiger partial charge in [-0.3, -0.25) is 0 Å². The molecule has 1 aromatic carbocycles. The smallest absolute Gasteiger partial charge is 0.122 e. The number of aromatic amines is 1. The van der Waals surface area contributed by atoms with Gasteiger partial charge in [0.1, 0.15) is 10.7 Å². The molecule has 0 amide bonds. The summed E-state index contributed by atoms with van der Waals surface area (Å²) in [5.74, 6) is 0. The van der Waals surface area contributed by atoms with Gasteiger partial charge in [0.15, 0.2) is 0 Å². The molecule has 1 N–H and O–H groups in total. The van der Waals surface area contributed by atoms with Crippen LogP contribution in [-0.4, -0.2) is 4.98 Å². The van der Waals surface area contributed by atoms with E-state index in [0.29, 0.717) is 15.2 Å². The van der Waals surface area contributed by atoms with Crippen LogP contribution in [0.1, 0.15) is 11.3 Å². The number of H-pyrrole nitrogens is 1. The minimum absolute atomic E-state index is 0.470. The maximum atomic E-state index is 9.14. The summed E-state index contributed by atoms with van der Waals surface area (Å²) in [7, 11) is 0. The summed E-state index contributed by atoms with van der Waals surface area (Å²) in [5.41, 5.74) is 3.20. The summed E-state index contributed by atoms with van der Waals surface area (Å²) >= 11 is 11.0. The molecule has 0 radical (unpaired) electrons. The van der Waals surface area contributed by atoms with Crippen molar-refractivity contribution in [2.45, 2.75) is 6.92 Å². The minimum atomic E-state index is 0.470. The highest BCUT2D eigenvalue weighted by atomic mass is 35.5. The lowest BCUT2D eigenvalue weighted by atomic mass is 10.0. The summed E-state index contributed by atoms with van der Waals surface area (Å²) in [4.78, 5) is 2.98. The second-order valence-corrected chi connectivity index (χ2v) is 4.53. The highest BCUT2D eigenvalue weighted by Crippen LogP contribution is 2.25. The number of hydrogen-bond acceptors (Lipinski definition) is 2. The van der Waals surface area contributed by atoms with Crippen molar-refractivity contribution in [3.63, 3.8) is 0 Å². The van der Waals surface area contributed by atoms with Crippen molar-refractivity contribution < 1.29 is 0 Å². The van der Waals surface area contributed by atoms with Gasteiger partial charge in [0.05, 0.1) is 5.56 Å². The summed E-state index contributed by atoms with van der Waals surface area (Å²) in [6.45, 7) is 1.91. The maximum Gasteiger partial charge on any atom is 0.122 e. The second-order valence-electron chi connectivity index (χ2n) is 3.69. The van der Waals surface area contributed by atoms with E-state index in [1.807, 2.05) is 25.1 Å². The number of benzene rings is 1. The number of rotatable bonds is 1. The SMILES string of the molecule is Cc1cc(-c2ccc(Cl)cc2)c(C#N)c(=S)[nH]1. The molecule has 0 saturated carbocycles. The van der Waals surface area contributed by atoms with Crippen LogP contribution >= 0.6 is 23.8 Å². The molecule has 0 fully saturated rings. The molecule has 17 heavy (non-hydrogen) atoms. The fourth-order valence-electron chi connectivity index (χ4n) is 1.66. The zero-order valence-electron chi connectivity index (χ0n) is 9.12. The first kappa shape index (κ1) is 11.8. The number of halogens is 1. The van der Waals surface area contributed by atoms with Crippen LogP contribution in [0.3, 0.4) is 0 Å².